The van der Waals surface area contributed by atoms with Gasteiger partial charge in [-0.05, 0) is 37.2 Å². The Hall–Kier alpha value is -2.97. The Morgan fingerprint density at radius 2 is 1.74 bits per heavy atom. The molecule has 0 aromatic heterocycles. The Kier molecular flexibility index (Phi) is 8.79. The van der Waals surface area contributed by atoms with Gasteiger partial charge in [0.2, 0.25) is 5.91 Å². The zero-order valence-electron chi connectivity index (χ0n) is 25.7. The number of amides is 2. The van der Waals surface area contributed by atoms with Gasteiger partial charge in [-0.2, -0.15) is 0 Å². The molecule has 43 heavy (non-hydrogen) atoms. The van der Waals surface area contributed by atoms with Gasteiger partial charge in [0.25, 0.3) is 5.91 Å². The predicted molar refractivity (Wildman–Crippen MR) is 167 cm³/mol. The summed E-state index contributed by atoms with van der Waals surface area (Å²) >= 11 is 0. The molecule has 0 radical (unpaired) electrons. The van der Waals surface area contributed by atoms with Crippen LogP contribution in [0.25, 0.3) is 5.57 Å². The number of hydrogen-bond acceptors (Lipinski definition) is 6. The van der Waals surface area contributed by atoms with E-state index in [1.165, 1.54) is 19.3 Å². The number of nitrogens with one attached hydrogen (secondary N) is 1. The Morgan fingerprint density at radius 3 is 2.40 bits per heavy atom. The standard InChI is InChI=1S/C35H48N4O4/c1-26(20-27-8-7-9-27)32(41)39-17-14-35(43,34(24-39)12-5-6-13-34)25-37-21-29(23-40)31(28-10-3-2-4-11-28)30(22-37)33(42)38-18-15-36-16-19-38/h2-4,10-11,22-23,26-27,36,43H,5-9,12-21,24-25H2,1H3/t26-,35-/m1/s1. The van der Waals surface area contributed by atoms with E-state index in [2.05, 4.69) is 12.2 Å². The van der Waals surface area contributed by atoms with Crippen LogP contribution in [0.2, 0.25) is 0 Å². The van der Waals surface area contributed by atoms with Gasteiger partial charge in [0.15, 0.2) is 0 Å². The minimum Gasteiger partial charge on any atom is -0.387 e. The Bertz CT molecular complexity index is 1260. The number of benzene rings is 1. The molecule has 5 aliphatic rings. The van der Waals surface area contributed by atoms with Gasteiger partial charge in [0.1, 0.15) is 6.29 Å². The highest BCUT2D eigenvalue weighted by Crippen LogP contribution is 2.52. The van der Waals surface area contributed by atoms with Gasteiger partial charge in [0.05, 0.1) is 11.2 Å². The number of aldehydes is 1. The lowest BCUT2D eigenvalue weighted by Gasteiger charge is -2.54. The second-order valence-electron chi connectivity index (χ2n) is 13.8. The van der Waals surface area contributed by atoms with Gasteiger partial charge in [-0.25, -0.2) is 0 Å². The summed E-state index contributed by atoms with van der Waals surface area (Å²) in [5.41, 5.74) is 1.23. The third-order valence-corrected chi connectivity index (χ3v) is 11.1. The van der Waals surface area contributed by atoms with Crippen LogP contribution in [-0.2, 0) is 14.4 Å². The topological polar surface area (TPSA) is 93.2 Å². The lowest BCUT2D eigenvalue weighted by molar-refractivity contribution is -0.163. The van der Waals surface area contributed by atoms with Crippen LogP contribution in [0.5, 0.6) is 0 Å². The third-order valence-electron chi connectivity index (χ3n) is 11.1. The molecule has 2 saturated carbocycles. The molecule has 2 atom stereocenters. The smallest absolute Gasteiger partial charge is 0.256 e. The van der Waals surface area contributed by atoms with Crippen LogP contribution in [0.3, 0.4) is 0 Å². The van der Waals surface area contributed by atoms with Crippen molar-refractivity contribution in [2.75, 3.05) is 52.4 Å². The van der Waals surface area contributed by atoms with E-state index in [0.29, 0.717) is 68.3 Å². The lowest BCUT2D eigenvalue weighted by atomic mass is 9.65. The molecule has 2 amide bonds. The van der Waals surface area contributed by atoms with Crippen LogP contribution in [0.1, 0.15) is 70.3 Å². The summed E-state index contributed by atoms with van der Waals surface area (Å²) in [7, 11) is 0. The second kappa shape index (κ2) is 12.6. The number of likely N-dealkylation sites (tertiary alicyclic amines) is 1. The highest BCUT2D eigenvalue weighted by molar-refractivity contribution is 6.13. The summed E-state index contributed by atoms with van der Waals surface area (Å²) in [6, 6.07) is 9.70. The predicted octanol–water partition coefficient (Wildman–Crippen LogP) is 3.62. The maximum atomic E-state index is 14.0. The van der Waals surface area contributed by atoms with Gasteiger partial charge in [-0.1, -0.05) is 69.4 Å². The van der Waals surface area contributed by atoms with Crippen LogP contribution in [-0.4, -0.2) is 95.9 Å². The van der Waals surface area contributed by atoms with E-state index < -0.39 is 5.60 Å². The fourth-order valence-corrected chi connectivity index (χ4v) is 8.37. The highest BCUT2D eigenvalue weighted by atomic mass is 16.3. The van der Waals surface area contributed by atoms with E-state index in [0.717, 1.165) is 57.0 Å². The maximum absolute atomic E-state index is 14.0. The van der Waals surface area contributed by atoms with E-state index in [1.54, 1.807) is 0 Å². The van der Waals surface area contributed by atoms with E-state index in [4.69, 9.17) is 0 Å². The average Bonchev–Trinajstić information content (AvgIpc) is 3.50. The van der Waals surface area contributed by atoms with Gasteiger partial charge in [-0.3, -0.25) is 14.4 Å². The monoisotopic (exact) mass is 588 g/mol. The molecule has 0 unspecified atom stereocenters. The van der Waals surface area contributed by atoms with Gasteiger partial charge < -0.3 is 25.1 Å². The second-order valence-corrected chi connectivity index (χ2v) is 13.8. The minimum absolute atomic E-state index is 0.0234. The van der Waals surface area contributed by atoms with Crippen LogP contribution in [0.15, 0.2) is 47.7 Å². The summed E-state index contributed by atoms with van der Waals surface area (Å²) < 4.78 is 0. The first kappa shape index (κ1) is 30.1. The summed E-state index contributed by atoms with van der Waals surface area (Å²) in [6.45, 7) is 6.60. The molecule has 232 valence electrons. The number of carbonyl (C=O) groups is 3. The number of hydrogen-bond donors (Lipinski definition) is 2. The van der Waals surface area contributed by atoms with Crippen molar-refractivity contribution < 1.29 is 19.5 Å². The highest BCUT2D eigenvalue weighted by Gasteiger charge is 2.56. The first-order valence-corrected chi connectivity index (χ1v) is 16.5. The van der Waals surface area contributed by atoms with Crippen molar-refractivity contribution in [1.82, 2.24) is 20.0 Å². The maximum Gasteiger partial charge on any atom is 0.256 e. The Morgan fingerprint density at radius 1 is 1.02 bits per heavy atom. The number of β-amino-alcohol motifs (C(OH)–C–C–N with tert-alkyl or cyclic N) is 1. The van der Waals surface area contributed by atoms with Crippen LogP contribution < -0.4 is 5.32 Å². The molecular formula is C35H48N4O4. The van der Waals surface area contributed by atoms with Crippen molar-refractivity contribution in [3.8, 4) is 0 Å². The van der Waals surface area contributed by atoms with Crippen molar-refractivity contribution in [3.63, 3.8) is 0 Å². The summed E-state index contributed by atoms with van der Waals surface area (Å²) in [5.74, 6) is 0.870. The van der Waals surface area contributed by atoms with Crippen molar-refractivity contribution in [2.45, 2.75) is 70.3 Å². The number of nitrogens with zero attached hydrogens (tertiary/aromatic N) is 3. The number of aliphatic hydroxyl groups is 1. The van der Waals surface area contributed by atoms with Gasteiger partial charge in [0, 0.05) is 81.0 Å². The minimum atomic E-state index is -1.02. The normalized spacial score (nSPS) is 26.7. The fourth-order valence-electron chi connectivity index (χ4n) is 8.37. The summed E-state index contributed by atoms with van der Waals surface area (Å²) in [4.78, 5) is 46.1. The number of rotatable bonds is 8. The first-order valence-electron chi connectivity index (χ1n) is 16.5. The van der Waals surface area contributed by atoms with Crippen LogP contribution in [0, 0.1) is 17.3 Å². The average molecular weight is 589 g/mol. The number of carbonyl (C=O) groups excluding carboxylic acids is 3. The molecule has 6 rings (SSSR count). The largest absolute Gasteiger partial charge is 0.387 e. The first-order chi connectivity index (χ1) is 20.8. The van der Waals surface area contributed by atoms with E-state index >= 15 is 0 Å². The summed E-state index contributed by atoms with van der Waals surface area (Å²) in [6.07, 6.45) is 11.9. The molecule has 4 fully saturated rings. The molecule has 2 aliphatic carbocycles. The SMILES string of the molecule is C[C@H](CC1CCC1)C(=O)N1CC[C@@](O)(CN2C=C(C(=O)N3CCNCC3)C(c3ccccc3)=C(C=O)C2)C2(CCCC2)C1. The van der Waals surface area contributed by atoms with E-state index in [-0.39, 0.29) is 23.1 Å². The molecule has 1 aromatic rings. The molecule has 1 spiro atoms. The van der Waals surface area contributed by atoms with Crippen molar-refractivity contribution in [2.24, 2.45) is 17.3 Å². The molecule has 3 heterocycles. The van der Waals surface area contributed by atoms with Crippen molar-refractivity contribution in [1.29, 1.82) is 0 Å². The molecular weight excluding hydrogens is 540 g/mol. The third kappa shape index (κ3) is 5.93. The number of piperazine rings is 1. The molecule has 8 nitrogen and oxygen atoms in total. The Balaban J connectivity index is 1.26. The number of piperidine rings is 1. The molecule has 8 heteroatoms. The zero-order valence-corrected chi connectivity index (χ0v) is 25.7. The van der Waals surface area contributed by atoms with Crippen molar-refractivity contribution >= 4 is 23.7 Å². The van der Waals surface area contributed by atoms with Gasteiger partial charge >= 0.3 is 0 Å². The molecule has 1 aromatic carbocycles. The molecule has 2 N–H and O–H groups in total. The van der Waals surface area contributed by atoms with Crippen LogP contribution in [0.4, 0.5) is 0 Å². The zero-order chi connectivity index (χ0) is 30.0. The molecule has 0 bridgehead atoms. The van der Waals surface area contributed by atoms with E-state index in [9.17, 15) is 19.5 Å². The van der Waals surface area contributed by atoms with E-state index in [1.807, 2.05) is 51.2 Å². The van der Waals surface area contributed by atoms with Gasteiger partial charge in [-0.15, -0.1) is 0 Å². The lowest BCUT2D eigenvalue weighted by Crippen LogP contribution is -2.64. The fraction of sp³-hybridized carbons (Fsp3) is 0.629. The Labute approximate surface area is 256 Å². The molecule has 2 saturated heterocycles. The van der Waals surface area contributed by atoms with Crippen molar-refractivity contribution in [3.05, 3.63) is 53.2 Å². The summed E-state index contributed by atoms with van der Waals surface area (Å²) in [5, 5.41) is 15.8. The van der Waals surface area contributed by atoms with Crippen LogP contribution >= 0.6 is 0 Å². The molecule has 3 aliphatic heterocycles. The quantitative estimate of drug-likeness (QED) is 0.451.